The molecule has 20 heavy (non-hydrogen) atoms. The fraction of sp³-hybridized carbons (Fsp3) is 0.733. The minimum Gasteiger partial charge on any atom is -0.396 e. The van der Waals surface area contributed by atoms with Gasteiger partial charge in [-0.15, -0.1) is 0 Å². The van der Waals surface area contributed by atoms with Gasteiger partial charge in [0.05, 0.1) is 0 Å². The summed E-state index contributed by atoms with van der Waals surface area (Å²) in [5.74, 6) is 1.94. The third kappa shape index (κ3) is 4.34. The smallest absolute Gasteiger partial charge is 0.137 e. The van der Waals surface area contributed by atoms with Crippen molar-refractivity contribution in [2.45, 2.75) is 53.0 Å². The van der Waals surface area contributed by atoms with Crippen molar-refractivity contribution in [3.05, 3.63) is 11.9 Å². The number of aliphatic hydroxyl groups is 1. The Kier molecular flexibility index (Phi) is 7.30. The van der Waals surface area contributed by atoms with Crippen molar-refractivity contribution in [1.29, 1.82) is 0 Å². The van der Waals surface area contributed by atoms with Crippen LogP contribution in [0.4, 0.5) is 11.6 Å². The molecule has 0 amide bonds. The molecule has 5 nitrogen and oxygen atoms in total. The van der Waals surface area contributed by atoms with Gasteiger partial charge in [0.1, 0.15) is 18.0 Å². The number of hydrogen-bond donors (Lipinski definition) is 2. The van der Waals surface area contributed by atoms with Gasteiger partial charge >= 0.3 is 0 Å². The van der Waals surface area contributed by atoms with Crippen molar-refractivity contribution in [2.24, 2.45) is 0 Å². The zero-order valence-electron chi connectivity index (χ0n) is 13.2. The maximum Gasteiger partial charge on any atom is 0.137 e. The molecular weight excluding hydrogens is 252 g/mol. The van der Waals surface area contributed by atoms with Crippen LogP contribution in [0.2, 0.25) is 0 Å². The highest BCUT2D eigenvalue weighted by Crippen LogP contribution is 2.26. The molecule has 0 aromatic carbocycles. The Morgan fingerprint density at radius 2 is 2.05 bits per heavy atom. The maximum absolute atomic E-state index is 9.08. The summed E-state index contributed by atoms with van der Waals surface area (Å²) in [7, 11) is 0. The molecule has 1 heterocycles. The molecule has 0 unspecified atom stereocenters. The minimum atomic E-state index is 0.206. The van der Waals surface area contributed by atoms with Crippen molar-refractivity contribution in [1.82, 2.24) is 9.97 Å². The Morgan fingerprint density at radius 1 is 1.30 bits per heavy atom. The van der Waals surface area contributed by atoms with Gasteiger partial charge in [-0.05, 0) is 33.6 Å². The van der Waals surface area contributed by atoms with Crippen LogP contribution in [0.25, 0.3) is 0 Å². The molecule has 0 saturated carbocycles. The number of hydrogen-bond acceptors (Lipinski definition) is 5. The Morgan fingerprint density at radius 3 is 2.60 bits per heavy atom. The SMILES string of the molecule is CCCc1c(NCC)ncnc1N(CCCO)C(C)C. The normalized spacial score (nSPS) is 10.9. The highest BCUT2D eigenvalue weighted by Gasteiger charge is 2.18. The maximum atomic E-state index is 9.08. The summed E-state index contributed by atoms with van der Waals surface area (Å²) in [4.78, 5) is 11.1. The Hall–Kier alpha value is -1.36. The fourth-order valence-electron chi connectivity index (χ4n) is 2.30. The average Bonchev–Trinajstić information content (AvgIpc) is 2.42. The Balaban J connectivity index is 3.14. The largest absolute Gasteiger partial charge is 0.396 e. The molecule has 0 spiro atoms. The van der Waals surface area contributed by atoms with Crippen LogP contribution in [0, 0.1) is 0 Å². The lowest BCUT2D eigenvalue weighted by molar-refractivity contribution is 0.288. The first-order valence-electron chi connectivity index (χ1n) is 7.60. The molecule has 1 rings (SSSR count). The lowest BCUT2D eigenvalue weighted by Crippen LogP contribution is -2.34. The van der Waals surface area contributed by atoms with Crippen LogP contribution in [0.3, 0.4) is 0 Å². The van der Waals surface area contributed by atoms with E-state index in [0.717, 1.165) is 44.0 Å². The van der Waals surface area contributed by atoms with Crippen LogP contribution >= 0.6 is 0 Å². The monoisotopic (exact) mass is 280 g/mol. The first kappa shape index (κ1) is 16.7. The number of aliphatic hydroxyl groups excluding tert-OH is 1. The van der Waals surface area contributed by atoms with Gasteiger partial charge in [-0.1, -0.05) is 13.3 Å². The van der Waals surface area contributed by atoms with Crippen molar-refractivity contribution in [2.75, 3.05) is 29.9 Å². The molecule has 0 bridgehead atoms. The van der Waals surface area contributed by atoms with Gasteiger partial charge in [0.2, 0.25) is 0 Å². The van der Waals surface area contributed by atoms with Crippen molar-refractivity contribution in [3.8, 4) is 0 Å². The highest BCUT2D eigenvalue weighted by molar-refractivity contribution is 5.59. The van der Waals surface area contributed by atoms with Crippen LogP contribution in [-0.4, -0.2) is 40.8 Å². The third-order valence-corrected chi connectivity index (χ3v) is 3.22. The number of aromatic nitrogens is 2. The second-order valence-corrected chi connectivity index (χ2v) is 5.17. The van der Waals surface area contributed by atoms with Crippen LogP contribution in [-0.2, 0) is 6.42 Å². The Labute approximate surface area is 122 Å². The first-order valence-corrected chi connectivity index (χ1v) is 7.60. The van der Waals surface area contributed by atoms with Gasteiger partial charge in [0.15, 0.2) is 0 Å². The summed E-state index contributed by atoms with van der Waals surface area (Å²) < 4.78 is 0. The van der Waals surface area contributed by atoms with Gasteiger partial charge in [0.25, 0.3) is 0 Å². The fourth-order valence-corrected chi connectivity index (χ4v) is 2.30. The molecular formula is C15H28N4O. The molecule has 0 radical (unpaired) electrons. The van der Waals surface area contributed by atoms with Crippen LogP contribution < -0.4 is 10.2 Å². The molecule has 114 valence electrons. The minimum absolute atomic E-state index is 0.206. The zero-order valence-corrected chi connectivity index (χ0v) is 13.2. The van der Waals surface area contributed by atoms with E-state index < -0.39 is 0 Å². The summed E-state index contributed by atoms with van der Waals surface area (Å²) in [5.41, 5.74) is 1.18. The summed E-state index contributed by atoms with van der Waals surface area (Å²) in [5, 5.41) is 12.4. The van der Waals surface area contributed by atoms with Crippen LogP contribution in [0.15, 0.2) is 6.33 Å². The molecule has 0 atom stereocenters. The van der Waals surface area contributed by atoms with E-state index in [1.54, 1.807) is 6.33 Å². The van der Waals surface area contributed by atoms with E-state index >= 15 is 0 Å². The van der Waals surface area contributed by atoms with E-state index in [1.807, 2.05) is 0 Å². The van der Waals surface area contributed by atoms with E-state index in [9.17, 15) is 0 Å². The predicted molar refractivity (Wildman–Crippen MR) is 84.4 cm³/mol. The van der Waals surface area contributed by atoms with E-state index in [4.69, 9.17) is 5.11 Å². The molecule has 0 aliphatic heterocycles. The van der Waals surface area contributed by atoms with E-state index in [-0.39, 0.29) is 6.61 Å². The third-order valence-electron chi connectivity index (χ3n) is 3.22. The zero-order chi connectivity index (χ0) is 15.0. The lowest BCUT2D eigenvalue weighted by Gasteiger charge is -2.30. The second kappa shape index (κ2) is 8.74. The van der Waals surface area contributed by atoms with E-state index in [0.29, 0.717) is 6.04 Å². The van der Waals surface area contributed by atoms with Crippen molar-refractivity contribution >= 4 is 11.6 Å². The quantitative estimate of drug-likeness (QED) is 0.727. The topological polar surface area (TPSA) is 61.3 Å². The van der Waals surface area contributed by atoms with Crippen molar-refractivity contribution < 1.29 is 5.11 Å². The molecule has 2 N–H and O–H groups in total. The van der Waals surface area contributed by atoms with Gasteiger partial charge in [-0.25, -0.2) is 9.97 Å². The highest BCUT2D eigenvalue weighted by atomic mass is 16.3. The van der Waals surface area contributed by atoms with Gasteiger partial charge in [-0.2, -0.15) is 0 Å². The molecule has 1 aromatic heterocycles. The molecule has 0 aliphatic carbocycles. The molecule has 0 fully saturated rings. The average molecular weight is 280 g/mol. The standard InChI is InChI=1S/C15H28N4O/c1-5-8-13-14(16-6-2)17-11-18-15(13)19(12(3)4)9-7-10-20/h11-12,20H,5-10H2,1-4H3,(H,16,17,18). The summed E-state index contributed by atoms with van der Waals surface area (Å²) in [6.07, 6.45) is 4.40. The van der Waals surface area contributed by atoms with E-state index in [2.05, 4.69) is 47.9 Å². The van der Waals surface area contributed by atoms with Gasteiger partial charge in [0, 0.05) is 31.3 Å². The van der Waals surface area contributed by atoms with Gasteiger partial charge in [-0.3, -0.25) is 0 Å². The molecule has 1 aromatic rings. The van der Waals surface area contributed by atoms with Gasteiger partial charge < -0.3 is 15.3 Å². The summed E-state index contributed by atoms with van der Waals surface area (Å²) in [6, 6.07) is 0.349. The summed E-state index contributed by atoms with van der Waals surface area (Å²) >= 11 is 0. The number of anilines is 2. The molecule has 0 aliphatic rings. The summed E-state index contributed by atoms with van der Waals surface area (Å²) in [6.45, 7) is 10.4. The van der Waals surface area contributed by atoms with E-state index in [1.165, 1.54) is 5.56 Å². The molecule has 0 saturated heterocycles. The molecule has 5 heteroatoms. The lowest BCUT2D eigenvalue weighted by atomic mass is 10.1. The van der Waals surface area contributed by atoms with Crippen LogP contribution in [0.5, 0.6) is 0 Å². The number of nitrogens with zero attached hydrogens (tertiary/aromatic N) is 3. The number of nitrogens with one attached hydrogen (secondary N) is 1. The first-order chi connectivity index (χ1) is 9.65. The predicted octanol–water partition coefficient (Wildman–Crippen LogP) is 2.46. The number of rotatable bonds is 9. The van der Waals surface area contributed by atoms with Crippen LogP contribution in [0.1, 0.15) is 46.1 Å². The van der Waals surface area contributed by atoms with Crippen molar-refractivity contribution in [3.63, 3.8) is 0 Å². The second-order valence-electron chi connectivity index (χ2n) is 5.17. The Bertz CT molecular complexity index is 395.